The normalized spacial score (nSPS) is 14.0. The number of rotatable bonds is 5. The molecule has 0 fully saturated rings. The number of hydrogen-bond acceptors (Lipinski definition) is 4. The molecule has 0 spiro atoms. The third-order valence-electron chi connectivity index (χ3n) is 4.13. The van der Waals surface area contributed by atoms with Crippen molar-refractivity contribution in [3.63, 3.8) is 0 Å². The van der Waals surface area contributed by atoms with Crippen molar-refractivity contribution in [2.75, 3.05) is 7.11 Å². The van der Waals surface area contributed by atoms with Gasteiger partial charge in [0.05, 0.1) is 20.1 Å². The lowest BCUT2D eigenvalue weighted by molar-refractivity contribution is -0.120. The standard InChI is InChI=1S/C17H22N4O2/c1-23-14-7-5-6-13(10-14)11-17(22)18-12-16-20-19-15-8-3-2-4-9-21(15)16/h5-7,10H,2-4,8-9,11-12H2,1H3,(H,18,22). The Morgan fingerprint density at radius 1 is 1.30 bits per heavy atom. The summed E-state index contributed by atoms with van der Waals surface area (Å²) in [4.78, 5) is 12.1. The Bertz CT molecular complexity index is 681. The Morgan fingerprint density at radius 3 is 3.09 bits per heavy atom. The molecule has 3 rings (SSSR count). The molecule has 0 radical (unpaired) electrons. The van der Waals surface area contributed by atoms with Gasteiger partial charge >= 0.3 is 0 Å². The molecule has 0 bridgehead atoms. The number of methoxy groups -OCH3 is 1. The number of hydrogen-bond donors (Lipinski definition) is 1. The Kier molecular flexibility index (Phi) is 4.90. The summed E-state index contributed by atoms with van der Waals surface area (Å²) in [7, 11) is 1.62. The van der Waals surface area contributed by atoms with Crippen LogP contribution in [0.25, 0.3) is 0 Å². The van der Waals surface area contributed by atoms with E-state index >= 15 is 0 Å². The first-order valence-electron chi connectivity index (χ1n) is 8.07. The van der Waals surface area contributed by atoms with Gasteiger partial charge in [0.25, 0.3) is 0 Å². The number of amides is 1. The Balaban J connectivity index is 1.58. The summed E-state index contributed by atoms with van der Waals surface area (Å²) < 4.78 is 7.33. The lowest BCUT2D eigenvalue weighted by atomic mass is 10.1. The van der Waals surface area contributed by atoms with Crippen LogP contribution in [0.15, 0.2) is 24.3 Å². The first-order valence-corrected chi connectivity index (χ1v) is 8.07. The van der Waals surface area contributed by atoms with Gasteiger partial charge in [0.1, 0.15) is 11.6 Å². The molecule has 2 heterocycles. The number of aryl methyl sites for hydroxylation is 1. The van der Waals surface area contributed by atoms with Crippen LogP contribution < -0.4 is 10.1 Å². The molecular formula is C17H22N4O2. The van der Waals surface area contributed by atoms with E-state index < -0.39 is 0 Å². The number of ether oxygens (including phenoxy) is 1. The fraction of sp³-hybridized carbons (Fsp3) is 0.471. The maximum Gasteiger partial charge on any atom is 0.224 e. The van der Waals surface area contributed by atoms with Crippen LogP contribution in [-0.4, -0.2) is 27.8 Å². The highest BCUT2D eigenvalue weighted by Gasteiger charge is 2.15. The highest BCUT2D eigenvalue weighted by Crippen LogP contribution is 2.15. The van der Waals surface area contributed by atoms with Crippen molar-refractivity contribution in [2.45, 2.75) is 45.2 Å². The molecular weight excluding hydrogens is 292 g/mol. The summed E-state index contributed by atoms with van der Waals surface area (Å²) in [5.41, 5.74) is 0.932. The number of fused-ring (bicyclic) bond motifs is 1. The quantitative estimate of drug-likeness (QED) is 0.915. The summed E-state index contributed by atoms with van der Waals surface area (Å²) >= 11 is 0. The van der Waals surface area contributed by atoms with E-state index in [2.05, 4.69) is 20.1 Å². The fourth-order valence-corrected chi connectivity index (χ4v) is 2.88. The summed E-state index contributed by atoms with van der Waals surface area (Å²) in [6.45, 7) is 1.37. The molecule has 0 unspecified atom stereocenters. The Morgan fingerprint density at radius 2 is 2.22 bits per heavy atom. The van der Waals surface area contributed by atoms with Crippen molar-refractivity contribution in [2.24, 2.45) is 0 Å². The first kappa shape index (κ1) is 15.5. The number of benzene rings is 1. The highest BCUT2D eigenvalue weighted by atomic mass is 16.5. The molecule has 1 aromatic heterocycles. The second kappa shape index (κ2) is 7.26. The van der Waals surface area contributed by atoms with Crippen LogP contribution in [0.4, 0.5) is 0 Å². The summed E-state index contributed by atoms with van der Waals surface area (Å²) in [6, 6.07) is 7.56. The van der Waals surface area contributed by atoms with Gasteiger partial charge in [-0.05, 0) is 30.5 Å². The van der Waals surface area contributed by atoms with Crippen LogP contribution in [0.2, 0.25) is 0 Å². The first-order chi connectivity index (χ1) is 11.3. The molecule has 122 valence electrons. The van der Waals surface area contributed by atoms with Crippen LogP contribution in [0.1, 0.15) is 36.5 Å². The van der Waals surface area contributed by atoms with E-state index in [1.165, 1.54) is 12.8 Å². The average Bonchev–Trinajstić information content (AvgIpc) is 2.79. The molecule has 1 N–H and O–H groups in total. The zero-order chi connectivity index (χ0) is 16.1. The van der Waals surface area contributed by atoms with E-state index in [1.54, 1.807) is 7.11 Å². The van der Waals surface area contributed by atoms with Gasteiger partial charge in [0, 0.05) is 13.0 Å². The minimum absolute atomic E-state index is 0.0239. The minimum Gasteiger partial charge on any atom is -0.497 e. The summed E-state index contributed by atoms with van der Waals surface area (Å²) in [5, 5.41) is 11.4. The van der Waals surface area contributed by atoms with Gasteiger partial charge in [-0.1, -0.05) is 18.6 Å². The molecule has 1 aromatic carbocycles. The number of aromatic nitrogens is 3. The fourth-order valence-electron chi connectivity index (χ4n) is 2.88. The van der Waals surface area contributed by atoms with Crippen molar-refractivity contribution < 1.29 is 9.53 Å². The Labute approximate surface area is 135 Å². The second-order valence-corrected chi connectivity index (χ2v) is 5.80. The number of carbonyl (C=O) groups is 1. The van der Waals surface area contributed by atoms with Gasteiger partial charge in [-0.2, -0.15) is 0 Å². The van der Waals surface area contributed by atoms with E-state index in [9.17, 15) is 4.79 Å². The zero-order valence-corrected chi connectivity index (χ0v) is 13.4. The SMILES string of the molecule is COc1cccc(CC(=O)NCc2nnc3n2CCCCC3)c1. The van der Waals surface area contributed by atoms with E-state index in [1.807, 2.05) is 24.3 Å². The summed E-state index contributed by atoms with van der Waals surface area (Å²) in [6.07, 6.45) is 4.85. The van der Waals surface area contributed by atoms with Crippen LogP contribution in [0, 0.1) is 0 Å². The van der Waals surface area contributed by atoms with E-state index in [4.69, 9.17) is 4.74 Å². The molecule has 0 atom stereocenters. The molecule has 0 saturated heterocycles. The molecule has 6 nitrogen and oxygen atoms in total. The predicted octanol–water partition coefficient (Wildman–Crippen LogP) is 1.87. The number of nitrogens with zero attached hydrogens (tertiary/aromatic N) is 3. The molecule has 1 aliphatic heterocycles. The zero-order valence-electron chi connectivity index (χ0n) is 13.4. The van der Waals surface area contributed by atoms with Crippen molar-refractivity contribution in [1.29, 1.82) is 0 Å². The van der Waals surface area contributed by atoms with Gasteiger partial charge in [0.2, 0.25) is 5.91 Å². The van der Waals surface area contributed by atoms with Crippen molar-refractivity contribution in [3.05, 3.63) is 41.5 Å². The lowest BCUT2D eigenvalue weighted by Gasteiger charge is -2.09. The van der Waals surface area contributed by atoms with Crippen molar-refractivity contribution in [1.82, 2.24) is 20.1 Å². The minimum atomic E-state index is -0.0239. The van der Waals surface area contributed by atoms with E-state index in [0.717, 1.165) is 42.3 Å². The summed E-state index contributed by atoms with van der Waals surface area (Å²) in [5.74, 6) is 2.63. The van der Waals surface area contributed by atoms with Crippen molar-refractivity contribution >= 4 is 5.91 Å². The van der Waals surface area contributed by atoms with Gasteiger partial charge < -0.3 is 14.6 Å². The Hall–Kier alpha value is -2.37. The van der Waals surface area contributed by atoms with Gasteiger partial charge in [-0.15, -0.1) is 10.2 Å². The van der Waals surface area contributed by atoms with E-state index in [0.29, 0.717) is 13.0 Å². The monoisotopic (exact) mass is 314 g/mol. The van der Waals surface area contributed by atoms with E-state index in [-0.39, 0.29) is 5.91 Å². The molecule has 0 aliphatic carbocycles. The van der Waals surface area contributed by atoms with Crippen LogP contribution >= 0.6 is 0 Å². The predicted molar refractivity (Wildman–Crippen MR) is 86.1 cm³/mol. The maximum absolute atomic E-state index is 12.1. The lowest BCUT2D eigenvalue weighted by Crippen LogP contribution is -2.26. The van der Waals surface area contributed by atoms with Crippen molar-refractivity contribution in [3.8, 4) is 5.75 Å². The van der Waals surface area contributed by atoms with Crippen LogP contribution in [0.3, 0.4) is 0 Å². The molecule has 1 aliphatic rings. The molecule has 6 heteroatoms. The maximum atomic E-state index is 12.1. The second-order valence-electron chi connectivity index (χ2n) is 5.80. The van der Waals surface area contributed by atoms with Gasteiger partial charge in [-0.3, -0.25) is 4.79 Å². The molecule has 2 aromatic rings. The third kappa shape index (κ3) is 3.88. The third-order valence-corrected chi connectivity index (χ3v) is 4.13. The smallest absolute Gasteiger partial charge is 0.224 e. The molecule has 1 amide bonds. The van der Waals surface area contributed by atoms with Crippen LogP contribution in [-0.2, 0) is 30.7 Å². The highest BCUT2D eigenvalue weighted by molar-refractivity contribution is 5.78. The topological polar surface area (TPSA) is 69.0 Å². The number of nitrogens with one attached hydrogen (secondary N) is 1. The molecule has 23 heavy (non-hydrogen) atoms. The average molecular weight is 314 g/mol. The molecule has 0 saturated carbocycles. The largest absolute Gasteiger partial charge is 0.497 e. The van der Waals surface area contributed by atoms with Gasteiger partial charge in [-0.25, -0.2) is 0 Å². The van der Waals surface area contributed by atoms with Crippen LogP contribution in [0.5, 0.6) is 5.75 Å². The number of carbonyl (C=O) groups excluding carboxylic acids is 1. The van der Waals surface area contributed by atoms with Gasteiger partial charge in [0.15, 0.2) is 5.82 Å².